The van der Waals surface area contributed by atoms with Gasteiger partial charge >= 0.3 is 5.97 Å². The second kappa shape index (κ2) is 5.75. The number of halogens is 1. The molecule has 0 amide bonds. The van der Waals surface area contributed by atoms with Crippen molar-refractivity contribution in [2.75, 3.05) is 7.11 Å². The van der Waals surface area contributed by atoms with E-state index >= 15 is 0 Å². The summed E-state index contributed by atoms with van der Waals surface area (Å²) in [5, 5.41) is 8.06. The minimum Gasteiger partial charge on any atom is -0.494 e. The number of nitrogens with zero attached hydrogens (tertiary/aromatic N) is 3. The number of benzene rings is 1. The molecule has 0 aliphatic heterocycles. The van der Waals surface area contributed by atoms with Crippen LogP contribution in [0.3, 0.4) is 0 Å². The zero-order chi connectivity index (χ0) is 15.7. The predicted octanol–water partition coefficient (Wildman–Crippen LogP) is 2.43. The third kappa shape index (κ3) is 2.79. The lowest BCUT2D eigenvalue weighted by Gasteiger charge is -2.08. The summed E-state index contributed by atoms with van der Waals surface area (Å²) < 4.78 is 25.4. The molecule has 0 bridgehead atoms. The molecule has 1 saturated carbocycles. The maximum Gasteiger partial charge on any atom is 0.338 e. The monoisotopic (exact) mass is 305 g/mol. The molecule has 0 N–H and O–H groups in total. The first kappa shape index (κ1) is 14.5. The lowest BCUT2D eigenvalue weighted by Crippen LogP contribution is -2.10. The molecule has 1 aromatic carbocycles. The first-order valence-corrected chi connectivity index (χ1v) is 7.01. The maximum atomic E-state index is 13.3. The summed E-state index contributed by atoms with van der Waals surface area (Å²) in [5.74, 6) is 0.371. The molecule has 116 valence electrons. The number of aromatic nitrogens is 3. The summed E-state index contributed by atoms with van der Waals surface area (Å²) >= 11 is 0. The highest BCUT2D eigenvalue weighted by Crippen LogP contribution is 2.36. The SMILES string of the molecule is COc1cc(C(=O)OCc2nnc(C)n2C2CC2)ccc1F. The zero-order valence-corrected chi connectivity index (χ0v) is 12.4. The van der Waals surface area contributed by atoms with Crippen molar-refractivity contribution < 1.29 is 18.7 Å². The largest absolute Gasteiger partial charge is 0.494 e. The molecule has 1 aliphatic carbocycles. The van der Waals surface area contributed by atoms with Crippen molar-refractivity contribution in [1.82, 2.24) is 14.8 Å². The summed E-state index contributed by atoms with van der Waals surface area (Å²) in [4.78, 5) is 12.0. The average Bonchev–Trinajstić information content (AvgIpc) is 3.28. The summed E-state index contributed by atoms with van der Waals surface area (Å²) in [6.07, 6.45) is 2.18. The van der Waals surface area contributed by atoms with Crippen LogP contribution >= 0.6 is 0 Å². The summed E-state index contributed by atoms with van der Waals surface area (Å²) in [6, 6.07) is 4.26. The number of methoxy groups -OCH3 is 1. The molecule has 6 nitrogen and oxygen atoms in total. The van der Waals surface area contributed by atoms with Crippen molar-refractivity contribution in [2.24, 2.45) is 0 Å². The molecule has 22 heavy (non-hydrogen) atoms. The fraction of sp³-hybridized carbons (Fsp3) is 0.400. The van der Waals surface area contributed by atoms with Gasteiger partial charge in [0, 0.05) is 6.04 Å². The van der Waals surface area contributed by atoms with Crippen LogP contribution < -0.4 is 4.74 Å². The molecular weight excluding hydrogens is 289 g/mol. The van der Waals surface area contributed by atoms with Gasteiger partial charge in [0.2, 0.25) is 0 Å². The van der Waals surface area contributed by atoms with E-state index in [2.05, 4.69) is 10.2 Å². The lowest BCUT2D eigenvalue weighted by molar-refractivity contribution is 0.0456. The van der Waals surface area contributed by atoms with Gasteiger partial charge in [0.25, 0.3) is 0 Å². The minimum atomic E-state index is -0.554. The van der Waals surface area contributed by atoms with Crippen molar-refractivity contribution in [3.8, 4) is 5.75 Å². The first-order valence-electron chi connectivity index (χ1n) is 7.01. The van der Waals surface area contributed by atoms with Crippen molar-refractivity contribution >= 4 is 5.97 Å². The molecule has 7 heteroatoms. The van der Waals surface area contributed by atoms with Crippen LogP contribution in [0, 0.1) is 12.7 Å². The number of hydrogen-bond acceptors (Lipinski definition) is 5. The van der Waals surface area contributed by atoms with Gasteiger partial charge in [0.1, 0.15) is 5.82 Å². The summed E-state index contributed by atoms with van der Waals surface area (Å²) in [6.45, 7) is 1.91. The molecule has 0 atom stereocenters. The zero-order valence-electron chi connectivity index (χ0n) is 12.4. The van der Waals surface area contributed by atoms with Crippen molar-refractivity contribution in [1.29, 1.82) is 0 Å². The van der Waals surface area contributed by atoms with E-state index in [0.29, 0.717) is 11.9 Å². The Morgan fingerprint density at radius 2 is 2.18 bits per heavy atom. The van der Waals surface area contributed by atoms with Crippen molar-refractivity contribution in [3.05, 3.63) is 41.2 Å². The van der Waals surface area contributed by atoms with Crippen LogP contribution in [-0.4, -0.2) is 27.8 Å². The predicted molar refractivity (Wildman–Crippen MR) is 75.1 cm³/mol. The molecule has 1 fully saturated rings. The Kier molecular flexibility index (Phi) is 3.79. The van der Waals surface area contributed by atoms with Crippen LogP contribution in [0.4, 0.5) is 4.39 Å². The lowest BCUT2D eigenvalue weighted by atomic mass is 10.2. The second-order valence-electron chi connectivity index (χ2n) is 5.19. The first-order chi connectivity index (χ1) is 10.6. The Labute approximate surface area is 126 Å². The molecule has 0 saturated heterocycles. The quantitative estimate of drug-likeness (QED) is 0.794. The van der Waals surface area contributed by atoms with Crippen LogP contribution in [0.1, 0.15) is 40.9 Å². The van der Waals surface area contributed by atoms with Gasteiger partial charge in [0.05, 0.1) is 12.7 Å². The molecule has 0 spiro atoms. The van der Waals surface area contributed by atoms with E-state index in [0.717, 1.165) is 18.7 Å². The van der Waals surface area contributed by atoms with Gasteiger partial charge in [-0.25, -0.2) is 9.18 Å². The molecular formula is C15H16FN3O3. The van der Waals surface area contributed by atoms with E-state index in [9.17, 15) is 9.18 Å². The summed E-state index contributed by atoms with van der Waals surface area (Å²) in [5.41, 5.74) is 0.229. The van der Waals surface area contributed by atoms with E-state index in [1.54, 1.807) is 0 Å². The van der Waals surface area contributed by atoms with E-state index in [1.807, 2.05) is 11.5 Å². The highest BCUT2D eigenvalue weighted by molar-refractivity contribution is 5.89. The van der Waals surface area contributed by atoms with E-state index in [4.69, 9.17) is 9.47 Å². The van der Waals surface area contributed by atoms with Crippen LogP contribution in [0.5, 0.6) is 5.75 Å². The van der Waals surface area contributed by atoms with E-state index in [1.165, 1.54) is 25.3 Å². The highest BCUT2D eigenvalue weighted by Gasteiger charge is 2.28. The Balaban J connectivity index is 1.70. The van der Waals surface area contributed by atoms with Gasteiger partial charge in [-0.3, -0.25) is 0 Å². The third-order valence-electron chi connectivity index (χ3n) is 3.57. The normalized spacial score (nSPS) is 14.0. The van der Waals surface area contributed by atoms with Crippen LogP contribution in [0.15, 0.2) is 18.2 Å². The van der Waals surface area contributed by atoms with Gasteiger partial charge in [-0.05, 0) is 38.0 Å². The van der Waals surface area contributed by atoms with E-state index in [-0.39, 0.29) is 17.9 Å². The Morgan fingerprint density at radius 3 is 2.86 bits per heavy atom. The number of aryl methyl sites for hydroxylation is 1. The molecule has 0 unspecified atom stereocenters. The highest BCUT2D eigenvalue weighted by atomic mass is 19.1. The standard InChI is InChI=1S/C15H16FN3O3/c1-9-17-18-14(19(9)11-4-5-11)8-22-15(20)10-3-6-12(16)13(7-10)21-2/h3,6-7,11H,4-5,8H2,1-2H3. The Hall–Kier alpha value is -2.44. The number of hydrogen-bond donors (Lipinski definition) is 0. The van der Waals surface area contributed by atoms with Crippen molar-refractivity contribution in [2.45, 2.75) is 32.4 Å². The smallest absolute Gasteiger partial charge is 0.338 e. The van der Waals surface area contributed by atoms with Gasteiger partial charge in [-0.15, -0.1) is 10.2 Å². The number of carbonyl (C=O) groups is 1. The van der Waals surface area contributed by atoms with Gasteiger partial charge in [-0.1, -0.05) is 0 Å². The number of carbonyl (C=O) groups excluding carboxylic acids is 1. The molecule has 1 aromatic heterocycles. The number of ether oxygens (including phenoxy) is 2. The fourth-order valence-electron chi connectivity index (χ4n) is 2.32. The molecule has 1 heterocycles. The third-order valence-corrected chi connectivity index (χ3v) is 3.57. The Bertz CT molecular complexity index is 710. The molecule has 2 aromatic rings. The average molecular weight is 305 g/mol. The van der Waals surface area contributed by atoms with E-state index < -0.39 is 11.8 Å². The van der Waals surface area contributed by atoms with Gasteiger partial charge < -0.3 is 14.0 Å². The number of rotatable bonds is 5. The maximum absolute atomic E-state index is 13.3. The van der Waals surface area contributed by atoms with Gasteiger partial charge in [0.15, 0.2) is 24.0 Å². The van der Waals surface area contributed by atoms with Crippen LogP contribution in [0.25, 0.3) is 0 Å². The summed E-state index contributed by atoms with van der Waals surface area (Å²) in [7, 11) is 1.34. The second-order valence-corrected chi connectivity index (χ2v) is 5.19. The fourth-order valence-corrected chi connectivity index (χ4v) is 2.32. The minimum absolute atomic E-state index is 0.00596. The topological polar surface area (TPSA) is 66.2 Å². The molecule has 1 aliphatic rings. The van der Waals surface area contributed by atoms with Gasteiger partial charge in [-0.2, -0.15) is 0 Å². The Morgan fingerprint density at radius 1 is 1.41 bits per heavy atom. The van der Waals surface area contributed by atoms with Crippen molar-refractivity contribution in [3.63, 3.8) is 0 Å². The molecule has 0 radical (unpaired) electrons. The molecule has 3 rings (SSSR count). The van der Waals surface area contributed by atoms with Crippen LogP contribution in [0.2, 0.25) is 0 Å². The number of esters is 1. The van der Waals surface area contributed by atoms with Crippen LogP contribution in [-0.2, 0) is 11.3 Å².